The molecule has 0 heterocycles. The fourth-order valence-electron chi connectivity index (χ4n) is 5.06. The first kappa shape index (κ1) is 23.8. The SMILES string of the molecule is CC(CCNC(=O)OCC1c2ccccc2-c2ccccc21)C(=O)N[C@H]1CCC[C@@H](C(=O)O)C1. The molecule has 3 N–H and O–H groups in total. The quantitative estimate of drug-likeness (QED) is 0.540. The zero-order valence-corrected chi connectivity index (χ0v) is 19.5. The Morgan fingerprint density at radius 3 is 2.32 bits per heavy atom. The minimum atomic E-state index is -0.792. The molecule has 0 radical (unpaired) electrons. The number of amides is 2. The van der Waals surface area contributed by atoms with E-state index in [9.17, 15) is 19.5 Å². The summed E-state index contributed by atoms with van der Waals surface area (Å²) < 4.78 is 5.53. The summed E-state index contributed by atoms with van der Waals surface area (Å²) in [6, 6.07) is 16.3. The van der Waals surface area contributed by atoms with Gasteiger partial charge in [-0.2, -0.15) is 0 Å². The number of benzene rings is 2. The standard InChI is InChI=1S/C27H32N2O5/c1-17(25(30)29-19-8-6-7-18(15-19)26(31)32)13-14-28-27(33)34-16-24-22-11-4-2-9-20(22)21-10-3-5-12-23(21)24/h2-5,9-12,17-19,24H,6-8,13-16H2,1H3,(H,28,33)(H,29,30)(H,31,32)/t17?,18-,19+/m1/s1. The molecule has 7 heteroatoms. The molecule has 7 nitrogen and oxygen atoms in total. The van der Waals surface area contributed by atoms with Crippen molar-refractivity contribution in [1.29, 1.82) is 0 Å². The Morgan fingerprint density at radius 2 is 1.68 bits per heavy atom. The highest BCUT2D eigenvalue weighted by Crippen LogP contribution is 2.44. The van der Waals surface area contributed by atoms with E-state index in [1.807, 2.05) is 31.2 Å². The van der Waals surface area contributed by atoms with Crippen LogP contribution >= 0.6 is 0 Å². The lowest BCUT2D eigenvalue weighted by atomic mass is 9.85. The molecule has 0 saturated heterocycles. The topological polar surface area (TPSA) is 105 Å². The molecule has 1 fully saturated rings. The maximum Gasteiger partial charge on any atom is 0.407 e. The van der Waals surface area contributed by atoms with Crippen LogP contribution in [-0.2, 0) is 14.3 Å². The number of carbonyl (C=O) groups is 3. The molecule has 3 atom stereocenters. The number of carbonyl (C=O) groups excluding carboxylic acids is 2. The van der Waals surface area contributed by atoms with Gasteiger partial charge in [-0.15, -0.1) is 0 Å². The molecular formula is C27H32N2O5. The van der Waals surface area contributed by atoms with Crippen LogP contribution in [0.15, 0.2) is 48.5 Å². The number of carboxylic acid groups (broad SMARTS) is 1. The molecule has 1 unspecified atom stereocenters. The van der Waals surface area contributed by atoms with Gasteiger partial charge in [0, 0.05) is 24.4 Å². The van der Waals surface area contributed by atoms with Gasteiger partial charge in [0.05, 0.1) is 5.92 Å². The van der Waals surface area contributed by atoms with Crippen LogP contribution in [0.5, 0.6) is 0 Å². The number of nitrogens with one attached hydrogen (secondary N) is 2. The maximum atomic E-state index is 12.5. The molecule has 34 heavy (non-hydrogen) atoms. The van der Waals surface area contributed by atoms with E-state index in [2.05, 4.69) is 34.9 Å². The first-order valence-corrected chi connectivity index (χ1v) is 12.1. The van der Waals surface area contributed by atoms with Crippen molar-refractivity contribution in [2.75, 3.05) is 13.2 Å². The van der Waals surface area contributed by atoms with Crippen molar-refractivity contribution in [3.05, 3.63) is 59.7 Å². The van der Waals surface area contributed by atoms with Gasteiger partial charge in [-0.3, -0.25) is 9.59 Å². The summed E-state index contributed by atoms with van der Waals surface area (Å²) in [5, 5.41) is 14.9. The van der Waals surface area contributed by atoms with E-state index < -0.39 is 12.1 Å². The Kier molecular flexibility index (Phi) is 7.50. The van der Waals surface area contributed by atoms with Crippen LogP contribution in [0.3, 0.4) is 0 Å². The second kappa shape index (κ2) is 10.7. The molecule has 2 aromatic carbocycles. The van der Waals surface area contributed by atoms with E-state index in [0.29, 0.717) is 25.8 Å². The number of ether oxygens (including phenoxy) is 1. The third kappa shape index (κ3) is 5.41. The van der Waals surface area contributed by atoms with E-state index in [-0.39, 0.29) is 36.3 Å². The number of hydrogen-bond acceptors (Lipinski definition) is 4. The molecule has 2 aliphatic rings. The average molecular weight is 465 g/mol. The van der Waals surface area contributed by atoms with E-state index in [0.717, 1.165) is 24.0 Å². The van der Waals surface area contributed by atoms with Gasteiger partial charge < -0.3 is 20.5 Å². The zero-order chi connectivity index (χ0) is 24.1. The van der Waals surface area contributed by atoms with Gasteiger partial charge >= 0.3 is 12.1 Å². The minimum Gasteiger partial charge on any atom is -0.481 e. The molecule has 2 amide bonds. The molecule has 2 aliphatic carbocycles. The van der Waals surface area contributed by atoms with Gasteiger partial charge in [0.15, 0.2) is 0 Å². The summed E-state index contributed by atoms with van der Waals surface area (Å²) in [5.74, 6) is -1.57. The minimum absolute atomic E-state index is 0.00738. The number of alkyl carbamates (subject to hydrolysis) is 1. The predicted octanol–water partition coefficient (Wildman–Crippen LogP) is 4.31. The predicted molar refractivity (Wildman–Crippen MR) is 128 cm³/mol. The monoisotopic (exact) mass is 464 g/mol. The van der Waals surface area contributed by atoms with Gasteiger partial charge in [0.2, 0.25) is 5.91 Å². The third-order valence-corrected chi connectivity index (χ3v) is 7.01. The fraction of sp³-hybridized carbons (Fsp3) is 0.444. The zero-order valence-electron chi connectivity index (χ0n) is 19.5. The summed E-state index contributed by atoms with van der Waals surface area (Å²) in [5.41, 5.74) is 4.68. The summed E-state index contributed by atoms with van der Waals surface area (Å²) in [6.07, 6.45) is 2.74. The Hall–Kier alpha value is -3.35. The van der Waals surface area contributed by atoms with Crippen LogP contribution in [-0.4, -0.2) is 42.3 Å². The van der Waals surface area contributed by atoms with Crippen molar-refractivity contribution in [2.24, 2.45) is 11.8 Å². The Balaban J connectivity index is 1.21. The summed E-state index contributed by atoms with van der Waals surface area (Å²) in [7, 11) is 0. The van der Waals surface area contributed by atoms with Crippen molar-refractivity contribution >= 4 is 18.0 Å². The largest absolute Gasteiger partial charge is 0.481 e. The summed E-state index contributed by atoms with van der Waals surface area (Å²) in [4.78, 5) is 36.0. The van der Waals surface area contributed by atoms with Gasteiger partial charge in [0.25, 0.3) is 0 Å². The number of fused-ring (bicyclic) bond motifs is 3. The maximum absolute atomic E-state index is 12.5. The lowest BCUT2D eigenvalue weighted by Gasteiger charge is -2.28. The van der Waals surface area contributed by atoms with E-state index in [4.69, 9.17) is 4.74 Å². The van der Waals surface area contributed by atoms with Gasteiger partial charge in [-0.25, -0.2) is 4.79 Å². The highest BCUT2D eigenvalue weighted by molar-refractivity contribution is 5.80. The number of carboxylic acids is 1. The molecule has 2 aromatic rings. The molecule has 0 bridgehead atoms. The fourth-order valence-corrected chi connectivity index (χ4v) is 5.06. The second-order valence-electron chi connectivity index (χ2n) is 9.35. The first-order valence-electron chi connectivity index (χ1n) is 12.1. The molecule has 1 saturated carbocycles. The Bertz CT molecular complexity index is 1010. The van der Waals surface area contributed by atoms with E-state index in [1.54, 1.807) is 0 Å². The summed E-state index contributed by atoms with van der Waals surface area (Å²) in [6.45, 7) is 2.39. The molecule has 0 aromatic heterocycles. The van der Waals surface area contributed by atoms with E-state index in [1.165, 1.54) is 11.1 Å². The Morgan fingerprint density at radius 1 is 1.03 bits per heavy atom. The van der Waals surface area contributed by atoms with Crippen molar-refractivity contribution < 1.29 is 24.2 Å². The van der Waals surface area contributed by atoms with Gasteiger partial charge in [0.1, 0.15) is 6.61 Å². The Labute approximate surface area is 199 Å². The van der Waals surface area contributed by atoms with Crippen LogP contribution in [0, 0.1) is 11.8 Å². The lowest BCUT2D eigenvalue weighted by molar-refractivity contribution is -0.143. The van der Waals surface area contributed by atoms with Crippen LogP contribution in [0.1, 0.15) is 56.1 Å². The van der Waals surface area contributed by atoms with Crippen molar-refractivity contribution in [1.82, 2.24) is 10.6 Å². The first-order chi connectivity index (χ1) is 16.4. The highest BCUT2D eigenvalue weighted by Gasteiger charge is 2.30. The van der Waals surface area contributed by atoms with Gasteiger partial charge in [-0.1, -0.05) is 61.9 Å². The molecular weight excluding hydrogens is 432 g/mol. The lowest BCUT2D eigenvalue weighted by Crippen LogP contribution is -2.42. The molecule has 4 rings (SSSR count). The molecule has 180 valence electrons. The van der Waals surface area contributed by atoms with Crippen molar-refractivity contribution in [3.8, 4) is 11.1 Å². The van der Waals surface area contributed by atoms with Gasteiger partial charge in [-0.05, 0) is 47.9 Å². The second-order valence-corrected chi connectivity index (χ2v) is 9.35. The number of rotatable bonds is 8. The van der Waals surface area contributed by atoms with Crippen LogP contribution in [0.4, 0.5) is 4.79 Å². The number of aliphatic carboxylic acids is 1. The van der Waals surface area contributed by atoms with E-state index >= 15 is 0 Å². The average Bonchev–Trinajstić information content (AvgIpc) is 3.16. The number of hydrogen-bond donors (Lipinski definition) is 3. The highest BCUT2D eigenvalue weighted by atomic mass is 16.5. The molecule has 0 spiro atoms. The van der Waals surface area contributed by atoms with Crippen molar-refractivity contribution in [2.45, 2.75) is 51.0 Å². The van der Waals surface area contributed by atoms with Crippen molar-refractivity contribution in [3.63, 3.8) is 0 Å². The smallest absolute Gasteiger partial charge is 0.407 e. The molecule has 0 aliphatic heterocycles. The van der Waals surface area contributed by atoms with Crippen LogP contribution in [0.2, 0.25) is 0 Å². The third-order valence-electron chi connectivity index (χ3n) is 7.01. The van der Waals surface area contributed by atoms with Crippen LogP contribution < -0.4 is 10.6 Å². The summed E-state index contributed by atoms with van der Waals surface area (Å²) >= 11 is 0. The normalized spacial score (nSPS) is 20.0. The van der Waals surface area contributed by atoms with Crippen LogP contribution in [0.25, 0.3) is 11.1 Å².